The predicted octanol–water partition coefficient (Wildman–Crippen LogP) is 2.32. The van der Waals surface area contributed by atoms with Crippen LogP contribution < -0.4 is 5.73 Å². The van der Waals surface area contributed by atoms with Crippen LogP contribution in [-0.4, -0.2) is 19.9 Å². The molecule has 1 rings (SSSR count). The van der Waals surface area contributed by atoms with Gasteiger partial charge in [0, 0.05) is 17.4 Å². The molecular formula is C12H16F3NO2S. The summed E-state index contributed by atoms with van der Waals surface area (Å²) < 4.78 is 61.7. The van der Waals surface area contributed by atoms with Crippen LogP contribution in [0.1, 0.15) is 31.4 Å². The summed E-state index contributed by atoms with van der Waals surface area (Å²) in [4.78, 5) is 0. The maximum absolute atomic E-state index is 13.4. The number of hydrogen-bond donors (Lipinski definition) is 1. The van der Waals surface area contributed by atoms with Gasteiger partial charge in [-0.05, 0) is 18.9 Å². The molecule has 3 nitrogen and oxygen atoms in total. The summed E-state index contributed by atoms with van der Waals surface area (Å²) in [6.45, 7) is 1.53. The van der Waals surface area contributed by atoms with Crippen LogP contribution in [0.4, 0.5) is 13.2 Å². The molecule has 108 valence electrons. The van der Waals surface area contributed by atoms with Gasteiger partial charge in [0.25, 0.3) is 0 Å². The Kier molecular flexibility index (Phi) is 5.37. The van der Waals surface area contributed by atoms with Gasteiger partial charge in [0.15, 0.2) is 17.5 Å². The van der Waals surface area contributed by atoms with Crippen molar-refractivity contribution in [1.29, 1.82) is 0 Å². The van der Waals surface area contributed by atoms with Crippen LogP contribution >= 0.6 is 0 Å². The molecule has 0 aromatic heterocycles. The maximum Gasteiger partial charge on any atom is 0.194 e. The van der Waals surface area contributed by atoms with Gasteiger partial charge in [-0.25, -0.2) is 21.6 Å². The fourth-order valence-corrected chi connectivity index (χ4v) is 2.55. The molecule has 1 aromatic rings. The molecule has 0 radical (unpaired) electrons. The Morgan fingerprint density at radius 2 is 1.84 bits per heavy atom. The standard InChI is InChI=1S/C12H16F3NO2S/c1-2-19(17,18)7-3-4-10(16)8-5-6-9(13)12(15)11(8)14/h5-6,10H,2-4,7,16H2,1H3. The van der Waals surface area contributed by atoms with Crippen molar-refractivity contribution in [1.82, 2.24) is 0 Å². The maximum atomic E-state index is 13.4. The number of benzene rings is 1. The van der Waals surface area contributed by atoms with E-state index in [1.165, 1.54) is 6.92 Å². The topological polar surface area (TPSA) is 60.2 Å². The fraction of sp³-hybridized carbons (Fsp3) is 0.500. The fourth-order valence-electron chi connectivity index (χ4n) is 1.65. The first-order chi connectivity index (χ1) is 8.78. The molecule has 1 aromatic carbocycles. The Morgan fingerprint density at radius 1 is 1.21 bits per heavy atom. The van der Waals surface area contributed by atoms with E-state index >= 15 is 0 Å². The number of sulfone groups is 1. The summed E-state index contributed by atoms with van der Waals surface area (Å²) in [5, 5.41) is 0. The molecule has 0 saturated carbocycles. The van der Waals surface area contributed by atoms with Gasteiger partial charge < -0.3 is 5.73 Å². The summed E-state index contributed by atoms with van der Waals surface area (Å²) in [5.74, 6) is -4.17. The van der Waals surface area contributed by atoms with Crippen LogP contribution in [0.5, 0.6) is 0 Å². The zero-order valence-electron chi connectivity index (χ0n) is 10.5. The van der Waals surface area contributed by atoms with E-state index in [2.05, 4.69) is 0 Å². The number of halogens is 3. The summed E-state index contributed by atoms with van der Waals surface area (Å²) in [5.41, 5.74) is 5.52. The van der Waals surface area contributed by atoms with E-state index in [1.54, 1.807) is 0 Å². The first-order valence-electron chi connectivity index (χ1n) is 5.88. The number of nitrogens with two attached hydrogens (primary N) is 1. The van der Waals surface area contributed by atoms with Crippen molar-refractivity contribution >= 4 is 9.84 Å². The van der Waals surface area contributed by atoms with E-state index in [4.69, 9.17) is 5.73 Å². The van der Waals surface area contributed by atoms with Crippen molar-refractivity contribution in [2.24, 2.45) is 5.73 Å². The van der Waals surface area contributed by atoms with Crippen LogP contribution in [0, 0.1) is 17.5 Å². The molecule has 0 amide bonds. The first kappa shape index (κ1) is 16.0. The number of rotatable bonds is 6. The summed E-state index contributed by atoms with van der Waals surface area (Å²) in [7, 11) is -3.11. The quantitative estimate of drug-likeness (QED) is 0.819. The zero-order chi connectivity index (χ0) is 14.6. The van der Waals surface area contributed by atoms with Crippen LogP contribution in [-0.2, 0) is 9.84 Å². The Balaban J connectivity index is 2.69. The average molecular weight is 295 g/mol. The van der Waals surface area contributed by atoms with Crippen LogP contribution in [0.25, 0.3) is 0 Å². The molecule has 1 unspecified atom stereocenters. The van der Waals surface area contributed by atoms with E-state index in [0.29, 0.717) is 0 Å². The van der Waals surface area contributed by atoms with Gasteiger partial charge in [-0.2, -0.15) is 0 Å². The highest BCUT2D eigenvalue weighted by Crippen LogP contribution is 2.23. The van der Waals surface area contributed by atoms with Crippen molar-refractivity contribution < 1.29 is 21.6 Å². The molecule has 0 fully saturated rings. The lowest BCUT2D eigenvalue weighted by Crippen LogP contribution is -2.16. The Labute approximate surface area is 110 Å². The number of hydrogen-bond acceptors (Lipinski definition) is 3. The van der Waals surface area contributed by atoms with Crippen molar-refractivity contribution in [2.75, 3.05) is 11.5 Å². The smallest absolute Gasteiger partial charge is 0.194 e. The van der Waals surface area contributed by atoms with Crippen molar-refractivity contribution in [3.8, 4) is 0 Å². The van der Waals surface area contributed by atoms with Crippen molar-refractivity contribution in [3.05, 3.63) is 35.1 Å². The lowest BCUT2D eigenvalue weighted by atomic mass is 10.0. The van der Waals surface area contributed by atoms with Gasteiger partial charge in [0.2, 0.25) is 0 Å². The summed E-state index contributed by atoms with van der Waals surface area (Å²) in [6.07, 6.45) is 0.428. The van der Waals surface area contributed by atoms with Gasteiger partial charge >= 0.3 is 0 Å². The van der Waals surface area contributed by atoms with Crippen LogP contribution in [0.3, 0.4) is 0 Å². The normalized spacial score (nSPS) is 13.5. The third-order valence-electron chi connectivity index (χ3n) is 2.87. The predicted molar refractivity (Wildman–Crippen MR) is 66.8 cm³/mol. The molecule has 19 heavy (non-hydrogen) atoms. The molecule has 1 atom stereocenters. The largest absolute Gasteiger partial charge is 0.324 e. The minimum Gasteiger partial charge on any atom is -0.324 e. The third-order valence-corrected chi connectivity index (χ3v) is 4.67. The second kappa shape index (κ2) is 6.38. The van der Waals surface area contributed by atoms with E-state index in [9.17, 15) is 21.6 Å². The van der Waals surface area contributed by atoms with E-state index in [-0.39, 0.29) is 29.9 Å². The SMILES string of the molecule is CCS(=O)(=O)CCCC(N)c1ccc(F)c(F)c1F. The monoisotopic (exact) mass is 295 g/mol. The minimum absolute atomic E-state index is 0.0295. The third kappa shape index (κ3) is 4.21. The van der Waals surface area contributed by atoms with Gasteiger partial charge in [-0.15, -0.1) is 0 Å². The molecule has 0 aliphatic rings. The van der Waals surface area contributed by atoms with Gasteiger partial charge in [0.05, 0.1) is 5.75 Å². The molecular weight excluding hydrogens is 279 g/mol. The molecule has 0 saturated heterocycles. The first-order valence-corrected chi connectivity index (χ1v) is 7.70. The molecule has 0 heterocycles. The van der Waals surface area contributed by atoms with E-state index in [1.807, 2.05) is 0 Å². The van der Waals surface area contributed by atoms with Crippen molar-refractivity contribution in [3.63, 3.8) is 0 Å². The highest BCUT2D eigenvalue weighted by atomic mass is 32.2. The van der Waals surface area contributed by atoms with Gasteiger partial charge in [0.1, 0.15) is 9.84 Å². The van der Waals surface area contributed by atoms with E-state index < -0.39 is 33.3 Å². The van der Waals surface area contributed by atoms with Gasteiger partial charge in [-0.3, -0.25) is 0 Å². The Hall–Kier alpha value is -1.08. The molecule has 2 N–H and O–H groups in total. The molecule has 7 heteroatoms. The molecule has 0 aliphatic carbocycles. The van der Waals surface area contributed by atoms with Crippen LogP contribution in [0.15, 0.2) is 12.1 Å². The minimum atomic E-state index is -3.11. The summed E-state index contributed by atoms with van der Waals surface area (Å²) >= 11 is 0. The Bertz CT molecular complexity index is 546. The highest BCUT2D eigenvalue weighted by Gasteiger charge is 2.18. The molecule has 0 spiro atoms. The highest BCUT2D eigenvalue weighted by molar-refractivity contribution is 7.91. The lowest BCUT2D eigenvalue weighted by molar-refractivity contribution is 0.433. The molecule has 0 bridgehead atoms. The van der Waals surface area contributed by atoms with Crippen LogP contribution in [0.2, 0.25) is 0 Å². The second-order valence-corrected chi connectivity index (χ2v) is 6.72. The zero-order valence-corrected chi connectivity index (χ0v) is 11.3. The average Bonchev–Trinajstić information content (AvgIpc) is 2.35. The Morgan fingerprint density at radius 3 is 2.42 bits per heavy atom. The molecule has 0 aliphatic heterocycles. The second-order valence-electron chi connectivity index (χ2n) is 4.25. The summed E-state index contributed by atoms with van der Waals surface area (Å²) in [6, 6.07) is 1.02. The lowest BCUT2D eigenvalue weighted by Gasteiger charge is -2.13. The van der Waals surface area contributed by atoms with Crippen molar-refractivity contribution in [2.45, 2.75) is 25.8 Å². The van der Waals surface area contributed by atoms with E-state index in [0.717, 1.165) is 12.1 Å². The van der Waals surface area contributed by atoms with Gasteiger partial charge in [-0.1, -0.05) is 13.0 Å².